The number of aromatic amines is 1. The van der Waals surface area contributed by atoms with E-state index in [0.717, 1.165) is 16.5 Å². The Morgan fingerprint density at radius 3 is 2.78 bits per heavy atom. The van der Waals surface area contributed by atoms with Gasteiger partial charge in [-0.25, -0.2) is 0 Å². The second-order valence-electron chi connectivity index (χ2n) is 4.11. The molecule has 0 unspecified atom stereocenters. The molecule has 1 heterocycles. The molecule has 4 heteroatoms. The van der Waals surface area contributed by atoms with Crippen LogP contribution in [0.2, 0.25) is 0 Å². The maximum Gasteiger partial charge on any atom is 0.240 e. The Morgan fingerprint density at radius 2 is 1.94 bits per heavy atom. The van der Waals surface area contributed by atoms with Gasteiger partial charge in [-0.1, -0.05) is 30.3 Å². The summed E-state index contributed by atoms with van der Waals surface area (Å²) in [6.07, 6.45) is 0. The Bertz CT molecular complexity index is 661. The first-order valence-corrected chi connectivity index (χ1v) is 5.73. The van der Waals surface area contributed by atoms with Gasteiger partial charge in [0.1, 0.15) is 6.61 Å². The van der Waals surface area contributed by atoms with E-state index in [-0.39, 0.29) is 0 Å². The van der Waals surface area contributed by atoms with Gasteiger partial charge in [0, 0.05) is 5.69 Å². The van der Waals surface area contributed by atoms with Crippen molar-refractivity contribution >= 4 is 16.6 Å². The molecule has 0 radical (unpaired) electrons. The van der Waals surface area contributed by atoms with Crippen LogP contribution in [0.1, 0.15) is 5.56 Å². The molecule has 3 N–H and O–H groups in total. The van der Waals surface area contributed by atoms with Gasteiger partial charge in [-0.15, -0.1) is 5.10 Å². The Kier molecular flexibility index (Phi) is 2.61. The Hall–Kier alpha value is -2.49. The summed E-state index contributed by atoms with van der Waals surface area (Å²) in [5, 5.41) is 7.98. The lowest BCUT2D eigenvalue weighted by atomic mass is 10.2. The number of nitrogens with zero attached hydrogens (tertiary/aromatic N) is 1. The maximum atomic E-state index is 5.76. The van der Waals surface area contributed by atoms with E-state index >= 15 is 0 Å². The third-order valence-corrected chi connectivity index (χ3v) is 2.77. The molecule has 18 heavy (non-hydrogen) atoms. The second-order valence-corrected chi connectivity index (χ2v) is 4.11. The zero-order valence-corrected chi connectivity index (χ0v) is 9.76. The number of hydrogen-bond acceptors (Lipinski definition) is 3. The van der Waals surface area contributed by atoms with E-state index in [9.17, 15) is 0 Å². The largest absolute Gasteiger partial charge is 0.471 e. The minimum Gasteiger partial charge on any atom is -0.471 e. The summed E-state index contributed by atoms with van der Waals surface area (Å²) in [6, 6.07) is 15.6. The van der Waals surface area contributed by atoms with Crippen LogP contribution in [0.5, 0.6) is 5.88 Å². The Morgan fingerprint density at radius 1 is 1.11 bits per heavy atom. The molecule has 0 bridgehead atoms. The monoisotopic (exact) mass is 239 g/mol. The number of nitrogen functional groups attached to an aromatic ring is 1. The number of nitrogens with one attached hydrogen (secondary N) is 1. The SMILES string of the molecule is Nc1ccc2[nH]nc(OCc3ccccc3)c2c1. The van der Waals surface area contributed by atoms with Crippen molar-refractivity contribution in [2.24, 2.45) is 0 Å². The maximum absolute atomic E-state index is 5.76. The van der Waals surface area contributed by atoms with Crippen LogP contribution in [-0.4, -0.2) is 10.2 Å². The smallest absolute Gasteiger partial charge is 0.240 e. The molecule has 1 aromatic heterocycles. The molecule has 0 spiro atoms. The van der Waals surface area contributed by atoms with Gasteiger partial charge in [-0.05, 0) is 23.8 Å². The predicted molar refractivity (Wildman–Crippen MR) is 71.3 cm³/mol. The molecule has 0 saturated carbocycles. The molecule has 4 nitrogen and oxygen atoms in total. The molecule has 90 valence electrons. The van der Waals surface area contributed by atoms with Crippen LogP contribution in [0.25, 0.3) is 10.9 Å². The van der Waals surface area contributed by atoms with Crippen molar-refractivity contribution in [1.82, 2.24) is 10.2 Å². The highest BCUT2D eigenvalue weighted by atomic mass is 16.5. The van der Waals surface area contributed by atoms with Crippen LogP contribution >= 0.6 is 0 Å². The fraction of sp³-hybridized carbons (Fsp3) is 0.0714. The lowest BCUT2D eigenvalue weighted by Gasteiger charge is -2.03. The van der Waals surface area contributed by atoms with E-state index in [4.69, 9.17) is 10.5 Å². The molecule has 3 aromatic rings. The van der Waals surface area contributed by atoms with Crippen molar-refractivity contribution < 1.29 is 4.74 Å². The fourth-order valence-corrected chi connectivity index (χ4v) is 1.84. The number of fused-ring (bicyclic) bond motifs is 1. The first-order valence-electron chi connectivity index (χ1n) is 5.73. The third-order valence-electron chi connectivity index (χ3n) is 2.77. The number of nitrogens with two attached hydrogens (primary N) is 1. The summed E-state index contributed by atoms with van der Waals surface area (Å²) in [5.74, 6) is 0.584. The molecule has 0 amide bonds. The molecule has 0 aliphatic heterocycles. The lowest BCUT2D eigenvalue weighted by molar-refractivity contribution is 0.297. The van der Waals surface area contributed by atoms with E-state index in [0.29, 0.717) is 18.2 Å². The summed E-state index contributed by atoms with van der Waals surface area (Å²) in [6.45, 7) is 0.496. The third kappa shape index (κ3) is 2.00. The van der Waals surface area contributed by atoms with E-state index in [2.05, 4.69) is 10.2 Å². The number of rotatable bonds is 3. The standard InChI is InChI=1S/C14H13N3O/c15-11-6-7-13-12(8-11)14(17-16-13)18-9-10-4-2-1-3-5-10/h1-8H,9,15H2,(H,16,17). The molecule has 0 saturated heterocycles. The number of anilines is 1. The Balaban J connectivity index is 1.85. The minimum atomic E-state index is 0.496. The van der Waals surface area contributed by atoms with E-state index in [1.165, 1.54) is 0 Å². The fourth-order valence-electron chi connectivity index (χ4n) is 1.84. The zero-order valence-electron chi connectivity index (χ0n) is 9.76. The van der Waals surface area contributed by atoms with Crippen molar-refractivity contribution in [2.75, 3.05) is 5.73 Å². The first-order chi connectivity index (χ1) is 8.83. The van der Waals surface area contributed by atoms with Gasteiger partial charge >= 0.3 is 0 Å². The van der Waals surface area contributed by atoms with Crippen molar-refractivity contribution in [2.45, 2.75) is 6.61 Å². The number of benzene rings is 2. The molecule has 0 aliphatic rings. The van der Waals surface area contributed by atoms with Crippen molar-refractivity contribution in [3.8, 4) is 5.88 Å². The Labute approximate surface area is 104 Å². The van der Waals surface area contributed by atoms with Crippen LogP contribution in [-0.2, 0) is 6.61 Å². The highest BCUT2D eigenvalue weighted by Crippen LogP contribution is 2.25. The van der Waals surface area contributed by atoms with Gasteiger partial charge in [-0.2, -0.15) is 0 Å². The lowest BCUT2D eigenvalue weighted by Crippen LogP contribution is -1.95. The quantitative estimate of drug-likeness (QED) is 0.691. The average Bonchev–Trinajstić information content (AvgIpc) is 2.80. The van der Waals surface area contributed by atoms with Gasteiger partial charge in [-0.3, -0.25) is 5.10 Å². The molecule has 0 aliphatic carbocycles. The van der Waals surface area contributed by atoms with E-state index in [1.807, 2.05) is 48.5 Å². The topological polar surface area (TPSA) is 63.9 Å². The number of ether oxygens (including phenoxy) is 1. The highest BCUT2D eigenvalue weighted by molar-refractivity contribution is 5.86. The van der Waals surface area contributed by atoms with Gasteiger partial charge in [0.2, 0.25) is 5.88 Å². The van der Waals surface area contributed by atoms with Crippen molar-refractivity contribution in [3.05, 3.63) is 54.1 Å². The number of aromatic nitrogens is 2. The summed E-state index contributed by atoms with van der Waals surface area (Å²) in [7, 11) is 0. The van der Waals surface area contributed by atoms with Gasteiger partial charge in [0.15, 0.2) is 0 Å². The summed E-state index contributed by atoms with van der Waals surface area (Å²) >= 11 is 0. The molecule has 3 rings (SSSR count). The van der Waals surface area contributed by atoms with E-state index < -0.39 is 0 Å². The van der Waals surface area contributed by atoms with Gasteiger partial charge in [0.25, 0.3) is 0 Å². The second kappa shape index (κ2) is 4.41. The number of hydrogen-bond donors (Lipinski definition) is 2. The van der Waals surface area contributed by atoms with Gasteiger partial charge in [0.05, 0.1) is 10.9 Å². The van der Waals surface area contributed by atoms with Gasteiger partial charge < -0.3 is 10.5 Å². The van der Waals surface area contributed by atoms with Crippen LogP contribution in [0.4, 0.5) is 5.69 Å². The van der Waals surface area contributed by atoms with E-state index in [1.54, 1.807) is 0 Å². The number of H-pyrrole nitrogens is 1. The minimum absolute atomic E-state index is 0.496. The summed E-state index contributed by atoms with van der Waals surface area (Å²) in [4.78, 5) is 0. The summed E-state index contributed by atoms with van der Waals surface area (Å²) < 4.78 is 5.70. The molecule has 0 atom stereocenters. The van der Waals surface area contributed by atoms with Crippen LogP contribution in [0.3, 0.4) is 0 Å². The van der Waals surface area contributed by atoms with Crippen LogP contribution in [0, 0.1) is 0 Å². The molecule has 0 fully saturated rings. The summed E-state index contributed by atoms with van der Waals surface area (Å²) in [5.41, 5.74) is 8.50. The molecule has 2 aromatic carbocycles. The average molecular weight is 239 g/mol. The molecular formula is C14H13N3O. The van der Waals surface area contributed by atoms with Crippen molar-refractivity contribution in [3.63, 3.8) is 0 Å². The highest BCUT2D eigenvalue weighted by Gasteiger charge is 2.06. The van der Waals surface area contributed by atoms with Crippen LogP contribution < -0.4 is 10.5 Å². The predicted octanol–water partition coefficient (Wildman–Crippen LogP) is 2.72. The zero-order chi connectivity index (χ0) is 12.4. The normalized spacial score (nSPS) is 10.7. The molecular weight excluding hydrogens is 226 g/mol. The first kappa shape index (κ1) is 10.7. The van der Waals surface area contributed by atoms with Crippen LogP contribution in [0.15, 0.2) is 48.5 Å². The van der Waals surface area contributed by atoms with Crippen molar-refractivity contribution in [1.29, 1.82) is 0 Å².